The molecular weight excluding hydrogens is 1200 g/mol. The number of ether oxygens (including phenoxy) is 10. The molecule has 8 N–H and O–H groups in total. The molecular formula is C63H95N3O25. The summed E-state index contributed by atoms with van der Waals surface area (Å²) in [5, 5.41) is 65.2. The SMILES string of the molecule is COC(=O)CC[C@H](NC(=O)[C@H]1O[C@@H](O[C@H]2[C@@H](O[C@H]3CC[C@@]4(C)C(CC[C@]5(C)C4C(=O)C=C4C6C[C@@](C)(C(=O)N[C@@H](CCC(=O)OC)C(=O)OC)CC[C@]6(C)CC[C@]45C)C3(C)C)O[C@H](C(=O)N[C@@H](CCC(=O)OC)C(=O)OC)[C@@H](O)[C@@H]2O)[C@H](O)[C@@H](O)[C@@H]1O)C(=O)OC. The number of amides is 3. The summed E-state index contributed by atoms with van der Waals surface area (Å²) >= 11 is 0. The molecule has 5 aliphatic carbocycles. The van der Waals surface area contributed by atoms with Crippen molar-refractivity contribution in [2.45, 2.75) is 230 Å². The van der Waals surface area contributed by atoms with Gasteiger partial charge in [-0.2, -0.15) is 0 Å². The van der Waals surface area contributed by atoms with E-state index in [0.717, 1.165) is 46.9 Å². The lowest BCUT2D eigenvalue weighted by atomic mass is 9.33. The Labute approximate surface area is 529 Å². The lowest BCUT2D eigenvalue weighted by molar-refractivity contribution is -0.369. The molecule has 0 radical (unpaired) electrons. The third-order valence-electron chi connectivity index (χ3n) is 22.3. The third kappa shape index (κ3) is 14.1. The number of aliphatic hydroxyl groups excluding tert-OH is 5. The maximum Gasteiger partial charge on any atom is 0.328 e. The van der Waals surface area contributed by atoms with Gasteiger partial charge in [0.25, 0.3) is 11.8 Å². The molecule has 0 bridgehead atoms. The van der Waals surface area contributed by atoms with Gasteiger partial charge in [-0.15, -0.1) is 0 Å². The molecule has 512 valence electrons. The van der Waals surface area contributed by atoms with Gasteiger partial charge in [-0.3, -0.25) is 33.6 Å². The first-order valence-electron chi connectivity index (χ1n) is 31.2. The third-order valence-corrected chi connectivity index (χ3v) is 22.3. The van der Waals surface area contributed by atoms with Gasteiger partial charge >= 0.3 is 35.8 Å². The van der Waals surface area contributed by atoms with Gasteiger partial charge < -0.3 is 88.9 Å². The van der Waals surface area contributed by atoms with E-state index in [4.69, 9.17) is 42.6 Å². The Morgan fingerprint density at radius 1 is 0.549 bits per heavy atom. The Balaban J connectivity index is 1.18. The van der Waals surface area contributed by atoms with Gasteiger partial charge in [0.05, 0.1) is 48.8 Å². The minimum atomic E-state index is -2.22. The predicted octanol–water partition coefficient (Wildman–Crippen LogP) is 0.825. The highest BCUT2D eigenvalue weighted by molar-refractivity contribution is 5.96. The number of fused-ring (bicyclic) bond motifs is 7. The first-order chi connectivity index (χ1) is 42.6. The number of carbonyl (C=O) groups excluding carboxylic acids is 10. The number of ketones is 1. The average Bonchev–Trinajstić information content (AvgIpc) is 0.675. The fourth-order valence-electron chi connectivity index (χ4n) is 16.5. The van der Waals surface area contributed by atoms with E-state index in [1.54, 1.807) is 0 Å². The number of hydrogen-bond acceptors (Lipinski definition) is 25. The Kier molecular flexibility index (Phi) is 22.7. The summed E-state index contributed by atoms with van der Waals surface area (Å²) in [6.45, 7) is 14.6. The summed E-state index contributed by atoms with van der Waals surface area (Å²) in [5.74, 6) is -8.39. The van der Waals surface area contributed by atoms with Crippen LogP contribution in [0.2, 0.25) is 0 Å². The van der Waals surface area contributed by atoms with E-state index in [1.807, 2.05) is 26.8 Å². The van der Waals surface area contributed by atoms with Crippen molar-refractivity contribution < 1.29 is 121 Å². The van der Waals surface area contributed by atoms with Crippen LogP contribution in [0.3, 0.4) is 0 Å². The van der Waals surface area contributed by atoms with Crippen LogP contribution in [0.15, 0.2) is 11.6 Å². The summed E-state index contributed by atoms with van der Waals surface area (Å²) in [4.78, 5) is 133. The standard InChI is InChI=1S/C63H95N3O25/c1-58(2)36-20-23-63(7)49(35(67)28-30-31-29-60(4,25-24-59(31,3)26-27-62(30,63)6)57(81)66-34(54(80)87-13)16-19-40(70)84-10)61(36,5)22-21-37(58)88-56-48(44(74)43(73)47(90-56)51(77)65-33(53(79)86-12)15-18-39(69)83-9)91-55-45(75)41(71)42(72)46(89-55)50(76)64-32(52(78)85-11)14-17-38(68)82-8/h28,31-34,36-37,41-49,55-56,71-75H,14-27,29H2,1-13H3,(H,64,76)(H,65,77)(H,66,81)/t31?,32-,33-,34-,36?,37-,41-,42-,43-,44-,45+,46-,47-,48+,49?,55-,56-,59+,60-,61-,62+,63+/m0/s1. The van der Waals surface area contributed by atoms with E-state index in [2.05, 4.69) is 48.4 Å². The molecule has 4 saturated carbocycles. The molecule has 2 saturated heterocycles. The highest BCUT2D eigenvalue weighted by atomic mass is 16.8. The number of hydrogen-bond donors (Lipinski definition) is 8. The minimum Gasteiger partial charge on any atom is -0.469 e. The zero-order chi connectivity index (χ0) is 67.7. The second-order valence-electron chi connectivity index (χ2n) is 27.7. The molecule has 22 atom stereocenters. The normalized spacial score (nSPS) is 38.3. The summed E-state index contributed by atoms with van der Waals surface area (Å²) in [7, 11) is 6.76. The predicted molar refractivity (Wildman–Crippen MR) is 312 cm³/mol. The molecule has 7 aliphatic rings. The number of methoxy groups -OCH3 is 6. The number of esters is 6. The van der Waals surface area contributed by atoms with Crippen LogP contribution in [-0.4, -0.2) is 213 Å². The summed E-state index contributed by atoms with van der Waals surface area (Å²) in [6, 6.07) is -4.09. The molecule has 28 heteroatoms. The van der Waals surface area contributed by atoms with E-state index in [9.17, 15) is 68.7 Å². The first-order valence-corrected chi connectivity index (χ1v) is 31.2. The maximum absolute atomic E-state index is 15.5. The Bertz CT molecular complexity index is 2800. The van der Waals surface area contributed by atoms with Crippen LogP contribution in [-0.2, 0) is 95.3 Å². The van der Waals surface area contributed by atoms with Crippen molar-refractivity contribution in [3.8, 4) is 0 Å². The van der Waals surface area contributed by atoms with Gasteiger partial charge in [0.2, 0.25) is 5.91 Å². The Morgan fingerprint density at radius 2 is 1.02 bits per heavy atom. The fraction of sp³-hybridized carbons (Fsp3) is 0.810. The number of carbonyl (C=O) groups is 10. The van der Waals surface area contributed by atoms with Crippen LogP contribution in [0.1, 0.15) is 145 Å². The van der Waals surface area contributed by atoms with Crippen LogP contribution in [0, 0.1) is 50.2 Å². The van der Waals surface area contributed by atoms with Crippen molar-refractivity contribution in [2.24, 2.45) is 50.2 Å². The van der Waals surface area contributed by atoms with Crippen molar-refractivity contribution in [3.63, 3.8) is 0 Å². The Hall–Kier alpha value is -5.72. The Morgan fingerprint density at radius 3 is 1.52 bits per heavy atom. The number of rotatable bonds is 22. The molecule has 28 nitrogen and oxygen atoms in total. The van der Waals surface area contributed by atoms with Crippen LogP contribution >= 0.6 is 0 Å². The zero-order valence-corrected chi connectivity index (χ0v) is 54.4. The van der Waals surface area contributed by atoms with Gasteiger partial charge in [0.1, 0.15) is 54.7 Å². The monoisotopic (exact) mass is 1290 g/mol. The van der Waals surface area contributed by atoms with Crippen LogP contribution in [0.25, 0.3) is 0 Å². The van der Waals surface area contributed by atoms with Crippen LogP contribution in [0.4, 0.5) is 0 Å². The molecule has 0 aromatic carbocycles. The van der Waals surface area contributed by atoms with Gasteiger partial charge in [-0.1, -0.05) is 54.0 Å². The van der Waals surface area contributed by atoms with Gasteiger partial charge in [-0.05, 0) is 122 Å². The van der Waals surface area contributed by atoms with E-state index in [1.165, 1.54) is 14.2 Å². The first kappa shape index (κ1) is 72.7. The largest absolute Gasteiger partial charge is 0.469 e. The molecule has 2 aliphatic heterocycles. The highest BCUT2D eigenvalue weighted by Gasteiger charge is 2.71. The molecule has 0 aromatic heterocycles. The fourth-order valence-corrected chi connectivity index (χ4v) is 16.5. The lowest BCUT2D eigenvalue weighted by Gasteiger charge is -2.70. The minimum absolute atomic E-state index is 0.0180. The van der Waals surface area contributed by atoms with Gasteiger partial charge in [-0.25, -0.2) is 14.4 Å². The molecule has 7 rings (SSSR count). The molecule has 91 heavy (non-hydrogen) atoms. The maximum atomic E-state index is 15.5. The van der Waals surface area contributed by atoms with Gasteiger partial charge in [0, 0.05) is 30.6 Å². The highest BCUT2D eigenvalue weighted by Crippen LogP contribution is 2.75. The zero-order valence-electron chi connectivity index (χ0n) is 54.4. The van der Waals surface area contributed by atoms with Crippen molar-refractivity contribution in [1.29, 1.82) is 0 Å². The van der Waals surface area contributed by atoms with Crippen molar-refractivity contribution in [3.05, 3.63) is 11.6 Å². The molecule has 3 unspecified atom stereocenters. The molecule has 0 spiro atoms. The van der Waals surface area contributed by atoms with Crippen molar-refractivity contribution in [1.82, 2.24) is 16.0 Å². The van der Waals surface area contributed by atoms with Crippen LogP contribution in [0.5, 0.6) is 0 Å². The topological polar surface area (TPSA) is 400 Å². The summed E-state index contributed by atoms with van der Waals surface area (Å²) in [6.07, 6.45) is -16.6. The number of aliphatic hydroxyl groups is 5. The second kappa shape index (κ2) is 28.5. The van der Waals surface area contributed by atoms with E-state index in [0.29, 0.717) is 38.5 Å². The van der Waals surface area contributed by atoms with Crippen molar-refractivity contribution >= 4 is 59.3 Å². The molecule has 6 fully saturated rings. The molecule has 2 heterocycles. The molecule has 3 amide bonds. The number of nitrogens with one attached hydrogen (secondary N) is 3. The second-order valence-corrected chi connectivity index (χ2v) is 27.7. The average molecular weight is 1290 g/mol. The van der Waals surface area contributed by atoms with Crippen molar-refractivity contribution in [2.75, 3.05) is 42.7 Å². The quantitative estimate of drug-likeness (QED) is 0.0423. The van der Waals surface area contributed by atoms with E-state index >= 15 is 4.79 Å². The molecule has 0 aromatic rings. The number of allylic oxidation sites excluding steroid dienone is 2. The van der Waals surface area contributed by atoms with E-state index in [-0.39, 0.29) is 73.9 Å². The smallest absolute Gasteiger partial charge is 0.328 e. The summed E-state index contributed by atoms with van der Waals surface area (Å²) in [5.41, 5.74) is -2.85. The van der Waals surface area contributed by atoms with Crippen LogP contribution < -0.4 is 16.0 Å². The van der Waals surface area contributed by atoms with Gasteiger partial charge in [0.15, 0.2) is 30.6 Å². The summed E-state index contributed by atoms with van der Waals surface area (Å²) < 4.78 is 53.9. The lowest BCUT2D eigenvalue weighted by Crippen LogP contribution is -2.69. The van der Waals surface area contributed by atoms with E-state index < -0.39 is 166 Å².